The summed E-state index contributed by atoms with van der Waals surface area (Å²) in [7, 11) is 0. The van der Waals surface area contributed by atoms with E-state index in [1.54, 1.807) is 27.7 Å². The van der Waals surface area contributed by atoms with Gasteiger partial charge in [0.05, 0.1) is 12.2 Å². The number of aliphatic hydroxyl groups excluding tert-OH is 2. The second-order valence-electron chi connectivity index (χ2n) is 22.0. The van der Waals surface area contributed by atoms with Gasteiger partial charge in [0, 0.05) is 13.0 Å². The maximum atomic E-state index is 14.4. The topological polar surface area (TPSA) is 491 Å². The first kappa shape index (κ1) is 73.9. The lowest BCUT2D eigenvalue weighted by Crippen LogP contribution is -2.62. The summed E-state index contributed by atoms with van der Waals surface area (Å²) in [5.41, 5.74) is 29.2. The van der Waals surface area contributed by atoms with E-state index < -0.39 is 151 Å². The zero-order valence-corrected chi connectivity index (χ0v) is 49.4. The molecule has 0 saturated carbocycles. The third kappa shape index (κ3) is 27.3. The van der Waals surface area contributed by atoms with Crippen molar-refractivity contribution in [1.29, 1.82) is 0 Å². The molecule has 7 unspecified atom stereocenters. The Kier molecular flexibility index (Phi) is 35.5. The number of nitrogens with two attached hydrogens (primary N) is 5. The first-order valence-electron chi connectivity index (χ1n) is 28.8. The fourth-order valence-corrected chi connectivity index (χ4v) is 8.76. The summed E-state index contributed by atoms with van der Waals surface area (Å²) < 4.78 is 0. The van der Waals surface area contributed by atoms with Gasteiger partial charge in [-0.1, -0.05) is 60.8 Å². The Morgan fingerprint density at radius 1 is 0.524 bits per heavy atom. The highest BCUT2D eigenvalue weighted by molar-refractivity contribution is 5.99. The smallest absolute Gasteiger partial charge is 0.245 e. The molecule has 1 saturated heterocycles. The zero-order chi connectivity index (χ0) is 62.2. The number of rotatable bonds is 29. The number of hydrogen-bond donors (Lipinski definition) is 18. The molecule has 13 atom stereocenters. The number of aliphatic hydroxyl groups is 2. The first-order chi connectivity index (χ1) is 38.7. The number of unbranched alkanes of at least 4 members (excludes halogenated alkanes) is 1. The van der Waals surface area contributed by atoms with Crippen LogP contribution in [0.25, 0.3) is 0 Å². The second kappa shape index (κ2) is 39.4. The van der Waals surface area contributed by atoms with E-state index in [1.807, 2.05) is 0 Å². The number of carbonyl (C=O) groups excluding carboxylic acids is 11. The molecular weight excluding hydrogens is 1070 g/mol. The summed E-state index contributed by atoms with van der Waals surface area (Å²) in [6.45, 7) is 12.6. The van der Waals surface area contributed by atoms with E-state index in [4.69, 9.17) is 28.7 Å². The third-order valence-corrected chi connectivity index (χ3v) is 13.7. The normalized spacial score (nSPS) is 23.4. The van der Waals surface area contributed by atoms with E-state index in [2.05, 4.69) is 72.3 Å². The quantitative estimate of drug-likeness (QED) is 0.0311. The van der Waals surface area contributed by atoms with Gasteiger partial charge in [0.25, 0.3) is 0 Å². The van der Waals surface area contributed by atoms with Crippen molar-refractivity contribution in [3.05, 3.63) is 0 Å². The van der Waals surface area contributed by atoms with Crippen molar-refractivity contribution in [1.82, 2.24) is 58.5 Å². The Morgan fingerprint density at radius 3 is 1.39 bits per heavy atom. The van der Waals surface area contributed by atoms with Gasteiger partial charge in [-0.2, -0.15) is 0 Å². The number of carbonyl (C=O) groups is 11. The summed E-state index contributed by atoms with van der Waals surface area (Å²) in [5, 5.41) is 49.5. The van der Waals surface area contributed by atoms with Gasteiger partial charge in [0.15, 0.2) is 0 Å². The summed E-state index contributed by atoms with van der Waals surface area (Å²) in [6, 6.07) is -14.5. The number of amides is 11. The van der Waals surface area contributed by atoms with Gasteiger partial charge in [0.1, 0.15) is 60.4 Å². The lowest BCUT2D eigenvalue weighted by molar-refractivity contribution is -0.137. The molecule has 1 heterocycles. The van der Waals surface area contributed by atoms with Crippen LogP contribution < -0.4 is 87.2 Å². The minimum atomic E-state index is -1.69. The predicted octanol–water partition coefficient (Wildman–Crippen LogP) is -5.44. The fourth-order valence-electron chi connectivity index (χ4n) is 8.76. The van der Waals surface area contributed by atoms with Crippen molar-refractivity contribution in [3.8, 4) is 0 Å². The van der Waals surface area contributed by atoms with Crippen LogP contribution in [0.15, 0.2) is 0 Å². The highest BCUT2D eigenvalue weighted by Gasteiger charge is 2.37. The number of hydrogen-bond acceptors (Lipinski definition) is 18. The molecule has 1 aliphatic rings. The Bertz CT molecular complexity index is 2070. The first-order valence-corrected chi connectivity index (χ1v) is 28.8. The SMILES string of the molecule is CCC(C)CCCCC(=O)NC(CCN)C(=O)N[C@@H](C(=O)NC(CCN)C(=O)NC1CCNC(=O)[C@H]([C@@H](C)O)NC(=O)C(CCN)NC(=O)C(CCN)NC(=O)[C@@H](CC(C)C)NC(=O)[C@@H](CC(C)C)NC(=O)C(CCN)NC1=O)[C@@H](C)O. The largest absolute Gasteiger partial charge is 0.391 e. The van der Waals surface area contributed by atoms with Crippen LogP contribution in [-0.4, -0.2) is 187 Å². The van der Waals surface area contributed by atoms with E-state index in [-0.39, 0.29) is 95.9 Å². The highest BCUT2D eigenvalue weighted by atomic mass is 16.3. The molecule has 0 aliphatic carbocycles. The van der Waals surface area contributed by atoms with Gasteiger partial charge in [0.2, 0.25) is 65.0 Å². The Hall–Kier alpha value is -6.11. The van der Waals surface area contributed by atoms with E-state index in [0.717, 1.165) is 19.3 Å². The minimum absolute atomic E-state index is 0.0131. The molecule has 0 aromatic heterocycles. The monoisotopic (exact) mass is 1170 g/mol. The summed E-state index contributed by atoms with van der Waals surface area (Å²) in [6.07, 6.45) is -0.760. The van der Waals surface area contributed by atoms with Crippen LogP contribution in [-0.2, 0) is 52.7 Å². The van der Waals surface area contributed by atoms with Crippen LogP contribution in [0.1, 0.15) is 139 Å². The summed E-state index contributed by atoms with van der Waals surface area (Å²) in [4.78, 5) is 153. The van der Waals surface area contributed by atoms with E-state index in [0.29, 0.717) is 12.3 Å². The summed E-state index contributed by atoms with van der Waals surface area (Å²) >= 11 is 0. The molecule has 0 radical (unpaired) electrons. The molecule has 23 N–H and O–H groups in total. The van der Waals surface area contributed by atoms with Gasteiger partial charge in [-0.25, -0.2) is 0 Å². The molecule has 0 bridgehead atoms. The predicted molar refractivity (Wildman–Crippen MR) is 305 cm³/mol. The van der Waals surface area contributed by atoms with Crippen molar-refractivity contribution >= 4 is 65.0 Å². The Labute approximate surface area is 482 Å². The molecule has 11 amide bonds. The maximum Gasteiger partial charge on any atom is 0.245 e. The molecule has 29 nitrogen and oxygen atoms in total. The number of nitrogens with one attached hydrogen (secondary N) is 11. The van der Waals surface area contributed by atoms with E-state index in [1.165, 1.54) is 13.8 Å². The summed E-state index contributed by atoms with van der Waals surface area (Å²) in [5.74, 6) is -9.49. The highest BCUT2D eigenvalue weighted by Crippen LogP contribution is 2.14. The van der Waals surface area contributed by atoms with Crippen LogP contribution in [0.5, 0.6) is 0 Å². The molecular formula is C53H100N16O13. The van der Waals surface area contributed by atoms with Crippen LogP contribution in [0.3, 0.4) is 0 Å². The van der Waals surface area contributed by atoms with Crippen LogP contribution in [0.4, 0.5) is 0 Å². The molecule has 0 aromatic rings. The van der Waals surface area contributed by atoms with Gasteiger partial charge in [-0.3, -0.25) is 52.7 Å². The molecule has 0 aromatic carbocycles. The molecule has 29 heteroatoms. The Balaban J connectivity index is 3.81. The molecule has 1 aliphatic heterocycles. The Morgan fingerprint density at radius 2 is 0.963 bits per heavy atom. The van der Waals surface area contributed by atoms with E-state index >= 15 is 0 Å². The van der Waals surface area contributed by atoms with Gasteiger partial charge < -0.3 is 97.4 Å². The lowest BCUT2D eigenvalue weighted by atomic mass is 9.99. The van der Waals surface area contributed by atoms with Crippen molar-refractivity contribution in [2.75, 3.05) is 39.3 Å². The van der Waals surface area contributed by atoms with Gasteiger partial charge in [-0.05, 0) is 122 Å². The molecule has 470 valence electrons. The molecule has 0 spiro atoms. The van der Waals surface area contributed by atoms with Gasteiger partial charge in [-0.15, -0.1) is 0 Å². The van der Waals surface area contributed by atoms with E-state index in [9.17, 15) is 63.0 Å². The second-order valence-corrected chi connectivity index (χ2v) is 22.0. The molecule has 82 heavy (non-hydrogen) atoms. The average Bonchev–Trinajstić information content (AvgIpc) is 3.41. The molecule has 1 fully saturated rings. The van der Waals surface area contributed by atoms with Crippen molar-refractivity contribution in [2.24, 2.45) is 46.4 Å². The molecule has 1 rings (SSSR count). The lowest BCUT2D eigenvalue weighted by Gasteiger charge is -2.29. The zero-order valence-electron chi connectivity index (χ0n) is 49.4. The third-order valence-electron chi connectivity index (χ3n) is 13.7. The standard InChI is InChI=1S/C53H100N16O13/c1-9-30(6)12-10-11-13-41(72)60-33(14-20-54)48(77)69-43(32(8)71)53(82)65-36(17-23-57)45(74)64-38-19-25-59-52(81)42(31(7)70)68-49(78)37(18-24-58)62-44(73)34(15-21-55)63-50(79)39(26-28(2)3)67-51(80)40(27-29(4)5)66-46(75)35(16-22-56)61-47(38)76/h28-40,42-43,70-71H,9-27,54-58H2,1-8H3,(H,59,81)(H,60,72)(H,61,76)(H,62,73)(H,63,79)(H,64,74)(H,65,82)(H,66,75)(H,67,80)(H,68,78)(H,69,77)/t30?,31-,32-,33?,34?,35?,36?,37?,38?,39-,40-,42+,43-/m1/s1. The van der Waals surface area contributed by atoms with Crippen LogP contribution in [0, 0.1) is 17.8 Å². The minimum Gasteiger partial charge on any atom is -0.391 e. The van der Waals surface area contributed by atoms with Crippen molar-refractivity contribution < 1.29 is 63.0 Å². The van der Waals surface area contributed by atoms with Gasteiger partial charge >= 0.3 is 0 Å². The fraction of sp³-hybridized carbons (Fsp3) is 0.792. The van der Waals surface area contributed by atoms with Crippen LogP contribution >= 0.6 is 0 Å². The average molecular weight is 1170 g/mol. The van der Waals surface area contributed by atoms with Crippen molar-refractivity contribution in [2.45, 2.75) is 211 Å². The van der Waals surface area contributed by atoms with Crippen molar-refractivity contribution in [3.63, 3.8) is 0 Å². The maximum absolute atomic E-state index is 14.4. The van der Waals surface area contributed by atoms with Crippen LogP contribution in [0.2, 0.25) is 0 Å².